The highest BCUT2D eigenvalue weighted by Crippen LogP contribution is 2.15. The van der Waals surface area contributed by atoms with Crippen molar-refractivity contribution in [3.63, 3.8) is 0 Å². The Hall–Kier alpha value is -0.480. The quantitative estimate of drug-likeness (QED) is 0.751. The summed E-state index contributed by atoms with van der Waals surface area (Å²) in [4.78, 5) is 0.171. The van der Waals surface area contributed by atoms with Crippen molar-refractivity contribution < 1.29 is 13.5 Å². The molecule has 0 aromatic heterocycles. The zero-order valence-corrected chi connectivity index (χ0v) is 10.1. The lowest BCUT2D eigenvalue weighted by molar-refractivity contribution is 0.198. The smallest absolute Gasteiger partial charge is 0.126 e. The molecule has 1 unspecified atom stereocenters. The molecule has 0 bridgehead atoms. The number of methoxy groups -OCH3 is 1. The summed E-state index contributed by atoms with van der Waals surface area (Å²) in [5.74, 6) is -0.752. The first kappa shape index (κ1) is 12.6. The van der Waals surface area contributed by atoms with Crippen LogP contribution in [-0.2, 0) is 11.2 Å². The summed E-state index contributed by atoms with van der Waals surface area (Å²) in [6.07, 6.45) is 1.22. The van der Waals surface area contributed by atoms with Gasteiger partial charge in [0.05, 0.1) is 6.61 Å². The van der Waals surface area contributed by atoms with Crippen molar-refractivity contribution in [2.24, 2.45) is 0 Å². The molecule has 1 aromatic carbocycles. The molecule has 1 aromatic rings. The van der Waals surface area contributed by atoms with E-state index in [-0.39, 0.29) is 10.6 Å². The Morgan fingerprint density at radius 2 is 2.13 bits per heavy atom. The molecule has 0 fully saturated rings. The van der Waals surface area contributed by atoms with E-state index in [0.29, 0.717) is 25.0 Å². The number of alkyl halides is 1. The zero-order chi connectivity index (χ0) is 11.3. The van der Waals surface area contributed by atoms with Gasteiger partial charge in [-0.3, -0.25) is 0 Å². The van der Waals surface area contributed by atoms with Crippen LogP contribution in [0.5, 0.6) is 0 Å². The Kier molecular flexibility index (Phi) is 5.19. The molecule has 84 valence electrons. The van der Waals surface area contributed by atoms with Crippen molar-refractivity contribution in [1.82, 2.24) is 0 Å². The van der Waals surface area contributed by atoms with Gasteiger partial charge in [-0.05, 0) is 36.6 Å². The van der Waals surface area contributed by atoms with Crippen molar-refractivity contribution >= 4 is 15.9 Å². The van der Waals surface area contributed by atoms with Gasteiger partial charge in [-0.25, -0.2) is 8.78 Å². The Morgan fingerprint density at radius 1 is 1.40 bits per heavy atom. The van der Waals surface area contributed by atoms with Gasteiger partial charge in [-0.1, -0.05) is 15.9 Å². The van der Waals surface area contributed by atoms with E-state index in [1.54, 1.807) is 7.11 Å². The van der Waals surface area contributed by atoms with E-state index in [1.807, 2.05) is 0 Å². The molecule has 0 amide bonds. The molecule has 1 atom stereocenters. The molecule has 0 heterocycles. The van der Waals surface area contributed by atoms with Gasteiger partial charge in [0.15, 0.2) is 0 Å². The summed E-state index contributed by atoms with van der Waals surface area (Å²) >= 11 is 3.40. The average molecular weight is 279 g/mol. The fourth-order valence-electron chi connectivity index (χ4n) is 1.31. The highest BCUT2D eigenvalue weighted by atomic mass is 79.9. The molecule has 0 aliphatic heterocycles. The molecule has 0 saturated carbocycles. The monoisotopic (exact) mass is 278 g/mol. The third-order valence-electron chi connectivity index (χ3n) is 2.08. The number of rotatable bonds is 5. The van der Waals surface area contributed by atoms with Crippen LogP contribution in [0.4, 0.5) is 8.78 Å². The summed E-state index contributed by atoms with van der Waals surface area (Å²) in [5.41, 5.74) is 0.413. The fraction of sp³-hybridized carbons (Fsp3) is 0.455. The highest BCUT2D eigenvalue weighted by Gasteiger charge is 2.08. The van der Waals surface area contributed by atoms with Gasteiger partial charge >= 0.3 is 0 Å². The lowest BCUT2D eigenvalue weighted by Crippen LogP contribution is -2.08. The highest BCUT2D eigenvalue weighted by molar-refractivity contribution is 9.09. The van der Waals surface area contributed by atoms with Crippen molar-refractivity contribution in [2.75, 3.05) is 13.7 Å². The van der Waals surface area contributed by atoms with Crippen LogP contribution in [0.15, 0.2) is 18.2 Å². The maximum Gasteiger partial charge on any atom is 0.126 e. The van der Waals surface area contributed by atoms with Crippen LogP contribution >= 0.6 is 15.9 Å². The van der Waals surface area contributed by atoms with Crippen molar-refractivity contribution in [2.45, 2.75) is 17.7 Å². The second-order valence-electron chi connectivity index (χ2n) is 3.33. The molecular formula is C11H13BrF2O. The van der Waals surface area contributed by atoms with Crippen molar-refractivity contribution in [3.8, 4) is 0 Å². The standard InChI is InChI=1S/C11H13BrF2O/c1-15-7-9(12)3-2-8-6-10(13)4-5-11(8)14/h4-6,9H,2-3,7H2,1H3. The van der Waals surface area contributed by atoms with Crippen LogP contribution < -0.4 is 0 Å². The minimum atomic E-state index is -0.399. The summed E-state index contributed by atoms with van der Waals surface area (Å²) in [7, 11) is 1.61. The number of halogens is 3. The van der Waals surface area contributed by atoms with E-state index in [9.17, 15) is 8.78 Å². The molecule has 4 heteroatoms. The van der Waals surface area contributed by atoms with E-state index < -0.39 is 5.82 Å². The van der Waals surface area contributed by atoms with E-state index in [0.717, 1.165) is 12.1 Å². The van der Waals surface area contributed by atoms with E-state index in [1.165, 1.54) is 6.07 Å². The third kappa shape index (κ3) is 4.26. The first-order valence-electron chi connectivity index (χ1n) is 4.70. The number of ether oxygens (including phenoxy) is 1. The van der Waals surface area contributed by atoms with Crippen LogP contribution in [0.25, 0.3) is 0 Å². The lowest BCUT2D eigenvalue weighted by Gasteiger charge is -2.08. The van der Waals surface area contributed by atoms with E-state index in [2.05, 4.69) is 15.9 Å². The van der Waals surface area contributed by atoms with Gasteiger partial charge in [-0.2, -0.15) is 0 Å². The number of benzene rings is 1. The molecule has 0 radical (unpaired) electrons. The molecule has 1 nitrogen and oxygen atoms in total. The lowest BCUT2D eigenvalue weighted by atomic mass is 10.1. The van der Waals surface area contributed by atoms with Crippen LogP contribution in [-0.4, -0.2) is 18.5 Å². The molecule has 0 spiro atoms. The Bertz CT molecular complexity index is 317. The maximum absolute atomic E-state index is 13.2. The second kappa shape index (κ2) is 6.18. The number of aryl methyl sites for hydroxylation is 1. The predicted octanol–water partition coefficient (Wildman–Crippen LogP) is 3.31. The molecule has 0 saturated heterocycles. The Labute approximate surface area is 96.6 Å². The molecule has 15 heavy (non-hydrogen) atoms. The Balaban J connectivity index is 2.53. The molecule has 0 aliphatic rings. The molecule has 0 aliphatic carbocycles. The van der Waals surface area contributed by atoms with Crippen LogP contribution in [0, 0.1) is 11.6 Å². The minimum Gasteiger partial charge on any atom is -0.384 e. The molecule has 1 rings (SSSR count). The first-order chi connectivity index (χ1) is 7.13. The maximum atomic E-state index is 13.2. The largest absolute Gasteiger partial charge is 0.384 e. The van der Waals surface area contributed by atoms with Gasteiger partial charge in [0.2, 0.25) is 0 Å². The van der Waals surface area contributed by atoms with Crippen LogP contribution in [0.3, 0.4) is 0 Å². The third-order valence-corrected chi connectivity index (χ3v) is 2.80. The first-order valence-corrected chi connectivity index (χ1v) is 5.62. The summed E-state index contributed by atoms with van der Waals surface area (Å²) in [5, 5.41) is 0. The normalized spacial score (nSPS) is 12.8. The van der Waals surface area contributed by atoms with Crippen LogP contribution in [0.2, 0.25) is 0 Å². The van der Waals surface area contributed by atoms with Gasteiger partial charge in [0.25, 0.3) is 0 Å². The summed E-state index contributed by atoms with van der Waals surface area (Å²) in [6, 6.07) is 3.52. The fourth-order valence-corrected chi connectivity index (χ4v) is 1.80. The van der Waals surface area contributed by atoms with Gasteiger partial charge in [0.1, 0.15) is 11.6 Å². The summed E-state index contributed by atoms with van der Waals surface area (Å²) < 4.78 is 30.9. The van der Waals surface area contributed by atoms with E-state index >= 15 is 0 Å². The van der Waals surface area contributed by atoms with Crippen LogP contribution in [0.1, 0.15) is 12.0 Å². The van der Waals surface area contributed by atoms with E-state index in [4.69, 9.17) is 4.74 Å². The minimum absolute atomic E-state index is 0.171. The zero-order valence-electron chi connectivity index (χ0n) is 8.47. The summed E-state index contributed by atoms with van der Waals surface area (Å²) in [6.45, 7) is 0.566. The van der Waals surface area contributed by atoms with Gasteiger partial charge in [-0.15, -0.1) is 0 Å². The van der Waals surface area contributed by atoms with Crippen molar-refractivity contribution in [3.05, 3.63) is 35.4 Å². The molecular weight excluding hydrogens is 266 g/mol. The SMILES string of the molecule is COCC(Br)CCc1cc(F)ccc1F. The Morgan fingerprint density at radius 3 is 2.80 bits per heavy atom. The number of hydrogen-bond acceptors (Lipinski definition) is 1. The topological polar surface area (TPSA) is 9.23 Å². The van der Waals surface area contributed by atoms with Gasteiger partial charge < -0.3 is 4.74 Å². The van der Waals surface area contributed by atoms with Crippen molar-refractivity contribution in [1.29, 1.82) is 0 Å². The van der Waals surface area contributed by atoms with Gasteiger partial charge in [0, 0.05) is 11.9 Å². The predicted molar refractivity (Wildman–Crippen MR) is 59.3 cm³/mol. The molecule has 0 N–H and O–H groups in total. The average Bonchev–Trinajstić information content (AvgIpc) is 2.20. The second-order valence-corrected chi connectivity index (χ2v) is 4.62. The number of hydrogen-bond donors (Lipinski definition) is 0.